The lowest BCUT2D eigenvalue weighted by Crippen LogP contribution is -2.18. The fourth-order valence-electron chi connectivity index (χ4n) is 4.40. The summed E-state index contributed by atoms with van der Waals surface area (Å²) in [4.78, 5) is 21.2. The second kappa shape index (κ2) is 9.40. The zero-order valence-corrected chi connectivity index (χ0v) is 20.0. The van der Waals surface area contributed by atoms with Gasteiger partial charge in [-0.3, -0.25) is 15.0 Å². The van der Waals surface area contributed by atoms with E-state index in [0.29, 0.717) is 22.2 Å². The number of halogens is 1. The number of hydrogen-bond donors (Lipinski definition) is 2. The fourth-order valence-corrected chi connectivity index (χ4v) is 4.66. The second-order valence-corrected chi connectivity index (χ2v) is 9.37. The van der Waals surface area contributed by atoms with Gasteiger partial charge in [0.25, 0.3) is 5.69 Å². The average molecular weight is 519 g/mol. The van der Waals surface area contributed by atoms with E-state index in [4.69, 9.17) is 4.99 Å². The number of H-pyrrole nitrogens is 1. The minimum atomic E-state index is -0.442. The maximum Gasteiger partial charge on any atom is 0.270 e. The summed E-state index contributed by atoms with van der Waals surface area (Å²) in [5.74, 6) is -0.0807. The van der Waals surface area contributed by atoms with E-state index in [-0.39, 0.29) is 11.6 Å². The number of fused-ring (bicyclic) bond motifs is 1. The average Bonchev–Trinajstić information content (AvgIpc) is 3.45. The van der Waals surface area contributed by atoms with E-state index in [0.717, 1.165) is 35.4 Å². The lowest BCUT2D eigenvalue weighted by Gasteiger charge is -2.14. The van der Waals surface area contributed by atoms with Crippen LogP contribution in [0.25, 0.3) is 10.9 Å². The Labute approximate surface area is 205 Å². The molecule has 0 saturated carbocycles. The van der Waals surface area contributed by atoms with Crippen LogP contribution in [-0.2, 0) is 6.54 Å². The molecular formula is C26H23BrN4O3. The summed E-state index contributed by atoms with van der Waals surface area (Å²) < 4.78 is 0.917. The quantitative estimate of drug-likeness (QED) is 0.177. The molecule has 1 aliphatic heterocycles. The third-order valence-corrected chi connectivity index (χ3v) is 6.64. The first kappa shape index (κ1) is 22.3. The largest absolute Gasteiger partial charge is 0.494 e. The number of aromatic nitrogens is 1. The van der Waals surface area contributed by atoms with Gasteiger partial charge >= 0.3 is 0 Å². The Balaban J connectivity index is 1.60. The van der Waals surface area contributed by atoms with Crippen molar-refractivity contribution in [3.05, 3.63) is 98.0 Å². The first-order valence-corrected chi connectivity index (χ1v) is 11.9. The highest BCUT2D eigenvalue weighted by atomic mass is 79.9. The Hall–Kier alpha value is -3.49. The Morgan fingerprint density at radius 2 is 1.76 bits per heavy atom. The Morgan fingerprint density at radius 3 is 2.44 bits per heavy atom. The van der Waals surface area contributed by atoms with Crippen molar-refractivity contribution in [2.75, 3.05) is 13.1 Å². The van der Waals surface area contributed by atoms with Crippen LogP contribution in [0.3, 0.4) is 0 Å². The smallest absolute Gasteiger partial charge is 0.270 e. The van der Waals surface area contributed by atoms with Crippen molar-refractivity contribution in [2.45, 2.75) is 19.4 Å². The maximum atomic E-state index is 11.4. The van der Waals surface area contributed by atoms with Gasteiger partial charge in [-0.1, -0.05) is 40.2 Å². The molecule has 3 aromatic carbocycles. The molecule has 7 nitrogen and oxygen atoms in total. The lowest BCUT2D eigenvalue weighted by atomic mass is 10.0. The van der Waals surface area contributed by atoms with Crippen LogP contribution in [0.1, 0.15) is 29.5 Å². The molecule has 2 N–H and O–H groups in total. The summed E-state index contributed by atoms with van der Waals surface area (Å²) in [5.41, 5.74) is 4.27. The number of rotatable bonds is 6. The van der Waals surface area contributed by atoms with Crippen molar-refractivity contribution < 1.29 is 10.0 Å². The van der Waals surface area contributed by atoms with Gasteiger partial charge in [-0.25, -0.2) is 4.99 Å². The topological polar surface area (TPSA) is 94.8 Å². The molecule has 1 fully saturated rings. The summed E-state index contributed by atoms with van der Waals surface area (Å²) in [6.45, 7) is 3.20. The van der Waals surface area contributed by atoms with Gasteiger partial charge in [0.2, 0.25) is 0 Å². The van der Waals surface area contributed by atoms with Gasteiger partial charge in [0.05, 0.1) is 21.9 Å². The third kappa shape index (κ3) is 4.60. The molecule has 0 amide bonds. The molecule has 5 rings (SSSR count). The Kier molecular flexibility index (Phi) is 6.17. The molecule has 1 aromatic heterocycles. The number of non-ortho nitro benzene ring substituents is 1. The number of nitrogens with one attached hydrogen (secondary N) is 1. The van der Waals surface area contributed by atoms with E-state index in [2.05, 4.69) is 37.9 Å². The molecule has 2 heterocycles. The number of hydrogen-bond acceptors (Lipinski definition) is 5. The number of benzene rings is 3. The number of aliphatic imine (C=N–C) groups is 1. The molecule has 172 valence electrons. The van der Waals surface area contributed by atoms with Crippen LogP contribution in [0.5, 0.6) is 5.88 Å². The summed E-state index contributed by atoms with van der Waals surface area (Å²) in [6.07, 6.45) is 2.51. The van der Waals surface area contributed by atoms with Gasteiger partial charge in [0.1, 0.15) is 0 Å². The zero-order valence-electron chi connectivity index (χ0n) is 18.4. The highest BCUT2D eigenvalue weighted by molar-refractivity contribution is 9.10. The number of aromatic amines is 1. The first-order valence-electron chi connectivity index (χ1n) is 11.1. The van der Waals surface area contributed by atoms with Crippen molar-refractivity contribution in [2.24, 2.45) is 4.99 Å². The first-order chi connectivity index (χ1) is 16.5. The van der Waals surface area contributed by atoms with Crippen LogP contribution in [0.2, 0.25) is 0 Å². The van der Waals surface area contributed by atoms with E-state index in [1.165, 1.54) is 30.5 Å². The fraction of sp³-hybridized carbons (Fsp3) is 0.192. The third-order valence-electron chi connectivity index (χ3n) is 6.11. The van der Waals surface area contributed by atoms with E-state index in [9.17, 15) is 15.2 Å². The summed E-state index contributed by atoms with van der Waals surface area (Å²) >= 11 is 3.46. The monoisotopic (exact) mass is 518 g/mol. The highest BCUT2D eigenvalue weighted by Gasteiger charge is 2.21. The van der Waals surface area contributed by atoms with Crippen LogP contribution >= 0.6 is 15.9 Å². The van der Waals surface area contributed by atoms with Crippen molar-refractivity contribution in [1.82, 2.24) is 9.88 Å². The number of nitro groups is 1. The van der Waals surface area contributed by atoms with Gasteiger partial charge < -0.3 is 10.1 Å². The van der Waals surface area contributed by atoms with Gasteiger partial charge in [0, 0.05) is 39.6 Å². The van der Waals surface area contributed by atoms with Gasteiger partial charge in [-0.2, -0.15) is 0 Å². The summed E-state index contributed by atoms with van der Waals surface area (Å²) in [6, 6.07) is 20.2. The second-order valence-electron chi connectivity index (χ2n) is 8.45. The number of nitro benzene ring substituents is 1. The molecular weight excluding hydrogens is 496 g/mol. The van der Waals surface area contributed by atoms with Gasteiger partial charge in [-0.05, 0) is 61.8 Å². The molecule has 0 bridgehead atoms. The molecule has 0 radical (unpaired) electrons. The Morgan fingerprint density at radius 1 is 1.06 bits per heavy atom. The zero-order chi connectivity index (χ0) is 23.7. The molecule has 1 saturated heterocycles. The standard InChI is InChI=1S/C26H23BrN4O3/c27-19-7-5-18(6-8-19)25(24-22-15-21(31(33)34)11-12-23(22)29-26(24)32)28-20-9-3-17(4-10-20)16-30-13-1-2-14-30/h3-12,15,29,32H,1-2,13-14,16H2. The molecule has 4 aromatic rings. The molecule has 34 heavy (non-hydrogen) atoms. The van der Waals surface area contributed by atoms with E-state index >= 15 is 0 Å². The van der Waals surface area contributed by atoms with Crippen LogP contribution in [0.4, 0.5) is 11.4 Å². The molecule has 8 heteroatoms. The van der Waals surface area contributed by atoms with E-state index < -0.39 is 4.92 Å². The van der Waals surface area contributed by atoms with Crippen molar-refractivity contribution in [3.8, 4) is 5.88 Å². The summed E-state index contributed by atoms with van der Waals surface area (Å²) in [7, 11) is 0. The van der Waals surface area contributed by atoms with Crippen LogP contribution < -0.4 is 0 Å². The van der Waals surface area contributed by atoms with Crippen molar-refractivity contribution >= 4 is 43.9 Å². The lowest BCUT2D eigenvalue weighted by molar-refractivity contribution is -0.384. The molecule has 0 spiro atoms. The predicted octanol–water partition coefficient (Wildman–Crippen LogP) is 6.31. The maximum absolute atomic E-state index is 11.4. The minimum absolute atomic E-state index is 0.0471. The highest BCUT2D eigenvalue weighted by Crippen LogP contribution is 2.34. The van der Waals surface area contributed by atoms with Gasteiger partial charge in [0.15, 0.2) is 5.88 Å². The normalized spacial score (nSPS) is 14.7. The Bertz CT molecular complexity index is 1370. The van der Waals surface area contributed by atoms with Crippen LogP contribution in [-0.4, -0.2) is 38.7 Å². The predicted molar refractivity (Wildman–Crippen MR) is 137 cm³/mol. The van der Waals surface area contributed by atoms with Crippen molar-refractivity contribution in [3.63, 3.8) is 0 Å². The minimum Gasteiger partial charge on any atom is -0.494 e. The SMILES string of the molecule is O=[N+]([O-])c1ccc2[nH]c(O)c(C(=Nc3ccc(CN4CCCC4)cc3)c3ccc(Br)cc3)c2c1. The van der Waals surface area contributed by atoms with Crippen LogP contribution in [0.15, 0.2) is 76.2 Å². The molecule has 1 aliphatic rings. The van der Waals surface area contributed by atoms with Gasteiger partial charge in [-0.15, -0.1) is 0 Å². The number of nitrogens with zero attached hydrogens (tertiary/aromatic N) is 3. The van der Waals surface area contributed by atoms with E-state index in [1.54, 1.807) is 6.07 Å². The van der Waals surface area contributed by atoms with E-state index in [1.807, 2.05) is 36.4 Å². The molecule has 0 unspecified atom stereocenters. The van der Waals surface area contributed by atoms with Crippen LogP contribution in [0, 0.1) is 10.1 Å². The molecule has 0 aliphatic carbocycles. The number of likely N-dealkylation sites (tertiary alicyclic amines) is 1. The molecule has 0 atom stereocenters. The number of aromatic hydroxyl groups is 1. The van der Waals surface area contributed by atoms with Crippen molar-refractivity contribution in [1.29, 1.82) is 0 Å². The summed E-state index contributed by atoms with van der Waals surface area (Å²) in [5, 5.41) is 22.7.